The zero-order valence-electron chi connectivity index (χ0n) is 14.4. The number of nitrogens with zero attached hydrogens (tertiary/aromatic N) is 2. The van der Waals surface area contributed by atoms with Crippen LogP contribution in [0.3, 0.4) is 0 Å². The maximum atomic E-state index is 12.2. The molecule has 0 spiro atoms. The van der Waals surface area contributed by atoms with Crippen molar-refractivity contribution in [3.8, 4) is 11.4 Å². The van der Waals surface area contributed by atoms with Gasteiger partial charge in [-0.3, -0.25) is 0 Å². The van der Waals surface area contributed by atoms with Crippen molar-refractivity contribution in [1.29, 1.82) is 0 Å². The zero-order valence-corrected chi connectivity index (χ0v) is 15.3. The first kappa shape index (κ1) is 17.5. The second-order valence-electron chi connectivity index (χ2n) is 6.58. The lowest BCUT2D eigenvalue weighted by atomic mass is 10.1. The van der Waals surface area contributed by atoms with Crippen molar-refractivity contribution >= 4 is 18.6 Å². The van der Waals surface area contributed by atoms with E-state index in [1.54, 1.807) is 12.1 Å². The maximum absolute atomic E-state index is 12.2. The average molecular weight is 330 g/mol. The normalized spacial score (nSPS) is 11.4. The van der Waals surface area contributed by atoms with E-state index in [0.29, 0.717) is 16.3 Å². The lowest BCUT2D eigenvalue weighted by molar-refractivity contribution is 0.00657. The SMILES string of the molecule is Cc1nc(-c2ccc(C(=O)OC(C)(C)C)c(S)c2)nc(C)c1C. The molecule has 2 aromatic rings. The summed E-state index contributed by atoms with van der Waals surface area (Å²) in [5.41, 5.74) is 3.71. The summed E-state index contributed by atoms with van der Waals surface area (Å²) in [4.78, 5) is 21.8. The Balaban J connectivity index is 2.38. The summed E-state index contributed by atoms with van der Waals surface area (Å²) >= 11 is 4.42. The van der Waals surface area contributed by atoms with E-state index in [1.165, 1.54) is 0 Å². The smallest absolute Gasteiger partial charge is 0.339 e. The topological polar surface area (TPSA) is 52.1 Å². The van der Waals surface area contributed by atoms with Crippen LogP contribution in [-0.4, -0.2) is 21.5 Å². The molecule has 0 aliphatic rings. The highest BCUT2D eigenvalue weighted by molar-refractivity contribution is 7.80. The predicted molar refractivity (Wildman–Crippen MR) is 94.1 cm³/mol. The van der Waals surface area contributed by atoms with E-state index in [4.69, 9.17) is 4.74 Å². The van der Waals surface area contributed by atoms with Gasteiger partial charge in [0.15, 0.2) is 5.82 Å². The van der Waals surface area contributed by atoms with Gasteiger partial charge < -0.3 is 4.74 Å². The Labute approximate surface area is 142 Å². The van der Waals surface area contributed by atoms with Crippen LogP contribution in [-0.2, 0) is 4.74 Å². The summed E-state index contributed by atoms with van der Waals surface area (Å²) < 4.78 is 5.39. The van der Waals surface area contributed by atoms with Gasteiger partial charge in [0.1, 0.15) is 5.60 Å². The number of carbonyl (C=O) groups excluding carboxylic acids is 1. The van der Waals surface area contributed by atoms with Crippen molar-refractivity contribution in [2.24, 2.45) is 0 Å². The third-order valence-electron chi connectivity index (χ3n) is 3.51. The highest BCUT2D eigenvalue weighted by Crippen LogP contribution is 2.25. The van der Waals surface area contributed by atoms with Crippen LogP contribution in [0.1, 0.15) is 48.1 Å². The molecule has 1 heterocycles. The van der Waals surface area contributed by atoms with E-state index in [-0.39, 0.29) is 5.97 Å². The van der Waals surface area contributed by atoms with Crippen LogP contribution in [0.2, 0.25) is 0 Å². The molecule has 122 valence electrons. The lowest BCUT2D eigenvalue weighted by Gasteiger charge is -2.20. The first-order valence-electron chi connectivity index (χ1n) is 7.47. The van der Waals surface area contributed by atoms with E-state index in [1.807, 2.05) is 47.6 Å². The van der Waals surface area contributed by atoms with Gasteiger partial charge in [-0.25, -0.2) is 14.8 Å². The summed E-state index contributed by atoms with van der Waals surface area (Å²) in [6.07, 6.45) is 0. The molecule has 5 heteroatoms. The van der Waals surface area contributed by atoms with Crippen molar-refractivity contribution in [1.82, 2.24) is 9.97 Å². The van der Waals surface area contributed by atoms with Gasteiger partial charge >= 0.3 is 5.97 Å². The molecule has 0 aliphatic carbocycles. The molecule has 0 saturated heterocycles. The number of esters is 1. The van der Waals surface area contributed by atoms with E-state index >= 15 is 0 Å². The van der Waals surface area contributed by atoms with Crippen molar-refractivity contribution in [2.45, 2.75) is 52.0 Å². The van der Waals surface area contributed by atoms with Crippen LogP contribution >= 0.6 is 12.6 Å². The molecule has 1 aromatic heterocycles. The fraction of sp³-hybridized carbons (Fsp3) is 0.389. The van der Waals surface area contributed by atoms with Crippen LogP contribution in [0.15, 0.2) is 23.1 Å². The van der Waals surface area contributed by atoms with E-state index < -0.39 is 5.60 Å². The Hall–Kier alpha value is -1.88. The van der Waals surface area contributed by atoms with Gasteiger partial charge in [0.25, 0.3) is 0 Å². The molecular weight excluding hydrogens is 308 g/mol. The fourth-order valence-electron chi connectivity index (χ4n) is 2.08. The molecule has 1 aromatic carbocycles. The number of thiol groups is 1. The number of hydrogen-bond donors (Lipinski definition) is 1. The molecule has 0 N–H and O–H groups in total. The Morgan fingerprint density at radius 3 is 2.13 bits per heavy atom. The molecule has 23 heavy (non-hydrogen) atoms. The second-order valence-corrected chi connectivity index (χ2v) is 7.06. The van der Waals surface area contributed by atoms with Gasteiger partial charge in [0.2, 0.25) is 0 Å². The number of ether oxygens (including phenoxy) is 1. The molecule has 4 nitrogen and oxygen atoms in total. The molecule has 0 aliphatic heterocycles. The molecule has 0 saturated carbocycles. The number of carbonyl (C=O) groups is 1. The van der Waals surface area contributed by atoms with Crippen molar-refractivity contribution in [3.05, 3.63) is 40.7 Å². The summed E-state index contributed by atoms with van der Waals surface area (Å²) in [6, 6.07) is 5.33. The molecule has 0 fully saturated rings. The standard InChI is InChI=1S/C18H22N2O2S/c1-10-11(2)19-16(20-12(10)3)13-7-8-14(15(23)9-13)17(21)22-18(4,5)6/h7-9,23H,1-6H3. The first-order chi connectivity index (χ1) is 10.6. The van der Waals surface area contributed by atoms with Crippen LogP contribution in [0.5, 0.6) is 0 Å². The van der Waals surface area contributed by atoms with Crippen LogP contribution < -0.4 is 0 Å². The minimum atomic E-state index is -0.537. The third-order valence-corrected chi connectivity index (χ3v) is 3.88. The van der Waals surface area contributed by atoms with E-state index in [9.17, 15) is 4.79 Å². The molecule has 2 rings (SSSR count). The fourth-order valence-corrected chi connectivity index (χ4v) is 2.38. The van der Waals surface area contributed by atoms with Crippen LogP contribution in [0.25, 0.3) is 11.4 Å². The molecule has 0 radical (unpaired) electrons. The van der Waals surface area contributed by atoms with Gasteiger partial charge in [-0.15, -0.1) is 12.6 Å². The average Bonchev–Trinajstić information content (AvgIpc) is 2.42. The van der Waals surface area contributed by atoms with E-state index in [0.717, 1.165) is 22.5 Å². The Morgan fingerprint density at radius 1 is 1.09 bits per heavy atom. The monoisotopic (exact) mass is 330 g/mol. The van der Waals surface area contributed by atoms with Gasteiger partial charge in [-0.05, 0) is 59.2 Å². The van der Waals surface area contributed by atoms with Crippen LogP contribution in [0.4, 0.5) is 0 Å². The number of hydrogen-bond acceptors (Lipinski definition) is 5. The lowest BCUT2D eigenvalue weighted by Crippen LogP contribution is -2.24. The molecule has 0 unspecified atom stereocenters. The highest BCUT2D eigenvalue weighted by Gasteiger charge is 2.20. The van der Waals surface area contributed by atoms with Gasteiger partial charge in [-0.2, -0.15) is 0 Å². The number of benzene rings is 1. The first-order valence-corrected chi connectivity index (χ1v) is 7.92. The molecule has 0 atom stereocenters. The van der Waals surface area contributed by atoms with E-state index in [2.05, 4.69) is 22.6 Å². The number of aromatic nitrogens is 2. The van der Waals surface area contributed by atoms with Crippen molar-refractivity contribution in [2.75, 3.05) is 0 Å². The Kier molecular flexibility index (Phi) is 4.80. The quantitative estimate of drug-likeness (QED) is 0.658. The largest absolute Gasteiger partial charge is 0.456 e. The second kappa shape index (κ2) is 6.32. The van der Waals surface area contributed by atoms with Crippen molar-refractivity contribution < 1.29 is 9.53 Å². The number of rotatable bonds is 2. The minimum absolute atomic E-state index is 0.383. The molecular formula is C18H22N2O2S. The van der Waals surface area contributed by atoms with Crippen molar-refractivity contribution in [3.63, 3.8) is 0 Å². The highest BCUT2D eigenvalue weighted by atomic mass is 32.1. The van der Waals surface area contributed by atoms with Gasteiger partial charge in [0, 0.05) is 21.8 Å². The zero-order chi connectivity index (χ0) is 17.4. The van der Waals surface area contributed by atoms with Gasteiger partial charge in [-0.1, -0.05) is 6.07 Å². The summed E-state index contributed by atoms with van der Waals surface area (Å²) in [5, 5.41) is 0. The van der Waals surface area contributed by atoms with Gasteiger partial charge in [0.05, 0.1) is 5.56 Å². The predicted octanol–water partition coefficient (Wildman–Crippen LogP) is 4.31. The minimum Gasteiger partial charge on any atom is -0.456 e. The molecule has 0 bridgehead atoms. The third kappa shape index (κ3) is 4.10. The summed E-state index contributed by atoms with van der Waals surface area (Å²) in [5.74, 6) is 0.253. The van der Waals surface area contributed by atoms with Crippen LogP contribution in [0, 0.1) is 20.8 Å². The number of aryl methyl sites for hydroxylation is 2. The molecule has 0 amide bonds. The Morgan fingerprint density at radius 2 is 1.65 bits per heavy atom. The maximum Gasteiger partial charge on any atom is 0.339 e. The summed E-state index contributed by atoms with van der Waals surface area (Å²) in [7, 11) is 0. The Bertz CT molecular complexity index is 741. The summed E-state index contributed by atoms with van der Waals surface area (Å²) in [6.45, 7) is 11.4.